The third-order valence-electron chi connectivity index (χ3n) is 6.76. The molecule has 8 heteroatoms. The number of carboxylic acid groups (broad SMARTS) is 1. The van der Waals surface area contributed by atoms with Crippen LogP contribution in [0.15, 0.2) is 36.5 Å². The van der Waals surface area contributed by atoms with Crippen molar-refractivity contribution in [1.29, 1.82) is 0 Å². The first-order valence-corrected chi connectivity index (χ1v) is 12.4. The fraction of sp³-hybridized carbons (Fsp3) is 0.519. The summed E-state index contributed by atoms with van der Waals surface area (Å²) in [4.78, 5) is 32.4. The number of piperidine rings is 1. The third-order valence-corrected chi connectivity index (χ3v) is 6.76. The van der Waals surface area contributed by atoms with Gasteiger partial charge >= 0.3 is 6.09 Å². The second kappa shape index (κ2) is 9.76. The monoisotopic (exact) mass is 480 g/mol. The van der Waals surface area contributed by atoms with Crippen LogP contribution in [0, 0.1) is 5.41 Å². The summed E-state index contributed by atoms with van der Waals surface area (Å²) in [6.45, 7) is 11.4. The molecule has 3 heterocycles. The Balaban J connectivity index is 1.42. The van der Waals surface area contributed by atoms with Crippen LogP contribution in [0.2, 0.25) is 0 Å². The molecule has 188 valence electrons. The SMILES string of the molecule is CC(C)NC(=O)c1ccc2c(c1)CCN2c1ccc(OC2CCN(C(=O)O)C(C(C)(C)C)C2)cn1. The lowest BCUT2D eigenvalue weighted by Crippen LogP contribution is -2.53. The lowest BCUT2D eigenvalue weighted by Gasteiger charge is -2.44. The minimum absolute atomic E-state index is 0.0506. The quantitative estimate of drug-likeness (QED) is 0.635. The highest BCUT2D eigenvalue weighted by molar-refractivity contribution is 5.95. The predicted molar refractivity (Wildman–Crippen MR) is 136 cm³/mol. The second-order valence-corrected chi connectivity index (χ2v) is 10.8. The van der Waals surface area contributed by atoms with Crippen LogP contribution in [0.3, 0.4) is 0 Å². The number of carbonyl (C=O) groups excluding carboxylic acids is 1. The van der Waals surface area contributed by atoms with Crippen LogP contribution in [0.1, 0.15) is 63.4 Å². The number of anilines is 2. The number of likely N-dealkylation sites (tertiary alicyclic amines) is 1. The molecule has 2 aliphatic rings. The highest BCUT2D eigenvalue weighted by atomic mass is 16.5. The zero-order chi connectivity index (χ0) is 25.3. The number of amides is 2. The fourth-order valence-corrected chi connectivity index (χ4v) is 5.01. The molecule has 2 unspecified atom stereocenters. The van der Waals surface area contributed by atoms with Crippen molar-refractivity contribution < 1.29 is 19.4 Å². The largest absolute Gasteiger partial charge is 0.489 e. The van der Waals surface area contributed by atoms with E-state index in [9.17, 15) is 14.7 Å². The summed E-state index contributed by atoms with van der Waals surface area (Å²) in [5, 5.41) is 12.5. The summed E-state index contributed by atoms with van der Waals surface area (Å²) in [5.74, 6) is 1.47. The molecule has 8 nitrogen and oxygen atoms in total. The van der Waals surface area contributed by atoms with Crippen LogP contribution < -0.4 is 15.0 Å². The number of rotatable bonds is 5. The molecule has 1 fully saturated rings. The van der Waals surface area contributed by atoms with E-state index in [2.05, 4.69) is 36.0 Å². The fourth-order valence-electron chi connectivity index (χ4n) is 5.01. The summed E-state index contributed by atoms with van der Waals surface area (Å²) in [6, 6.07) is 9.71. The molecule has 4 rings (SSSR count). The Labute approximate surface area is 207 Å². The van der Waals surface area contributed by atoms with E-state index < -0.39 is 6.09 Å². The second-order valence-electron chi connectivity index (χ2n) is 10.8. The van der Waals surface area contributed by atoms with E-state index in [-0.39, 0.29) is 29.5 Å². The predicted octanol–water partition coefficient (Wildman–Crippen LogP) is 4.85. The van der Waals surface area contributed by atoms with Gasteiger partial charge in [0.25, 0.3) is 5.91 Å². The molecular formula is C27H36N4O4. The Morgan fingerprint density at radius 3 is 2.57 bits per heavy atom. The lowest BCUT2D eigenvalue weighted by molar-refractivity contribution is 0.0129. The van der Waals surface area contributed by atoms with Gasteiger partial charge in [-0.1, -0.05) is 20.8 Å². The van der Waals surface area contributed by atoms with Crippen molar-refractivity contribution >= 4 is 23.5 Å². The Morgan fingerprint density at radius 1 is 1.17 bits per heavy atom. The molecule has 35 heavy (non-hydrogen) atoms. The maximum Gasteiger partial charge on any atom is 0.407 e. The van der Waals surface area contributed by atoms with Crippen molar-refractivity contribution in [3.63, 3.8) is 0 Å². The molecule has 1 aromatic heterocycles. The van der Waals surface area contributed by atoms with Gasteiger partial charge in [-0.15, -0.1) is 0 Å². The molecule has 0 radical (unpaired) electrons. The van der Waals surface area contributed by atoms with Gasteiger partial charge in [-0.2, -0.15) is 0 Å². The average molecular weight is 481 g/mol. The number of nitrogens with zero attached hydrogens (tertiary/aromatic N) is 3. The molecule has 1 aromatic carbocycles. The van der Waals surface area contributed by atoms with Crippen LogP contribution in [-0.2, 0) is 6.42 Å². The van der Waals surface area contributed by atoms with E-state index in [0.29, 0.717) is 30.7 Å². The minimum atomic E-state index is -0.868. The normalized spacial score (nSPS) is 20.1. The molecule has 2 atom stereocenters. The van der Waals surface area contributed by atoms with E-state index in [4.69, 9.17) is 4.74 Å². The van der Waals surface area contributed by atoms with Crippen LogP contribution in [0.25, 0.3) is 0 Å². The standard InChI is InChI=1S/C27H36N4O4/c1-17(2)29-25(32)19-6-8-22-18(14-19)10-12-30(22)24-9-7-21(16-28-24)35-20-11-13-31(26(33)34)23(15-20)27(3,4)5/h6-9,14,16-17,20,23H,10-13,15H2,1-5H3,(H,29,32)(H,33,34). The minimum Gasteiger partial charge on any atom is -0.489 e. The zero-order valence-corrected chi connectivity index (χ0v) is 21.2. The Kier molecular flexibility index (Phi) is 6.92. The zero-order valence-electron chi connectivity index (χ0n) is 21.2. The number of pyridine rings is 1. The van der Waals surface area contributed by atoms with Gasteiger partial charge in [-0.25, -0.2) is 9.78 Å². The molecule has 0 bridgehead atoms. The Morgan fingerprint density at radius 2 is 1.94 bits per heavy atom. The van der Waals surface area contributed by atoms with Gasteiger partial charge in [0, 0.05) is 49.3 Å². The van der Waals surface area contributed by atoms with Gasteiger partial charge in [0.2, 0.25) is 0 Å². The molecule has 0 saturated carbocycles. The number of hydrogen-bond acceptors (Lipinski definition) is 5. The van der Waals surface area contributed by atoms with Crippen LogP contribution >= 0.6 is 0 Å². The maximum absolute atomic E-state index is 12.4. The van der Waals surface area contributed by atoms with Crippen molar-refractivity contribution in [2.45, 2.75) is 72.1 Å². The molecule has 2 N–H and O–H groups in total. The highest BCUT2D eigenvalue weighted by Crippen LogP contribution is 2.36. The van der Waals surface area contributed by atoms with Crippen LogP contribution in [0.5, 0.6) is 5.75 Å². The number of benzene rings is 1. The summed E-state index contributed by atoms with van der Waals surface area (Å²) in [7, 11) is 0. The maximum atomic E-state index is 12.4. The van der Waals surface area contributed by atoms with Crippen molar-refractivity contribution in [3.05, 3.63) is 47.7 Å². The number of ether oxygens (including phenoxy) is 1. The Bertz CT molecular complexity index is 1080. The van der Waals surface area contributed by atoms with Crippen molar-refractivity contribution in [2.75, 3.05) is 18.0 Å². The van der Waals surface area contributed by atoms with E-state index in [1.54, 1.807) is 11.1 Å². The van der Waals surface area contributed by atoms with Crippen LogP contribution in [0.4, 0.5) is 16.3 Å². The average Bonchev–Trinajstić information content (AvgIpc) is 3.21. The van der Waals surface area contributed by atoms with Gasteiger partial charge in [-0.05, 0) is 61.6 Å². The Hall–Kier alpha value is -3.29. The number of fused-ring (bicyclic) bond motifs is 1. The topological polar surface area (TPSA) is 95.0 Å². The molecular weight excluding hydrogens is 444 g/mol. The number of nitrogens with one attached hydrogen (secondary N) is 1. The van der Waals surface area contributed by atoms with Crippen LogP contribution in [-0.4, -0.2) is 58.3 Å². The van der Waals surface area contributed by atoms with Gasteiger partial charge in [-0.3, -0.25) is 4.79 Å². The van der Waals surface area contributed by atoms with Gasteiger partial charge < -0.3 is 25.0 Å². The van der Waals surface area contributed by atoms with Gasteiger partial charge in [0.1, 0.15) is 17.7 Å². The van der Waals surface area contributed by atoms with Crippen molar-refractivity contribution in [3.8, 4) is 5.75 Å². The molecule has 2 aliphatic heterocycles. The summed E-state index contributed by atoms with van der Waals surface area (Å²) in [6.07, 6.45) is 3.00. The lowest BCUT2D eigenvalue weighted by atomic mass is 9.80. The number of aromatic nitrogens is 1. The summed E-state index contributed by atoms with van der Waals surface area (Å²) >= 11 is 0. The van der Waals surface area contributed by atoms with E-state index >= 15 is 0 Å². The summed E-state index contributed by atoms with van der Waals surface area (Å²) < 4.78 is 6.22. The van der Waals surface area contributed by atoms with E-state index in [1.165, 1.54) is 0 Å². The smallest absolute Gasteiger partial charge is 0.407 e. The molecule has 2 amide bonds. The molecule has 1 saturated heterocycles. The van der Waals surface area contributed by atoms with E-state index in [0.717, 1.165) is 30.0 Å². The van der Waals surface area contributed by atoms with E-state index in [1.807, 2.05) is 44.2 Å². The third kappa shape index (κ3) is 5.52. The summed E-state index contributed by atoms with van der Waals surface area (Å²) in [5.41, 5.74) is 2.72. The molecule has 2 aromatic rings. The van der Waals surface area contributed by atoms with Crippen molar-refractivity contribution in [2.24, 2.45) is 5.41 Å². The molecule has 0 spiro atoms. The van der Waals surface area contributed by atoms with Gasteiger partial charge in [0.05, 0.1) is 6.20 Å². The number of carbonyl (C=O) groups is 2. The first-order chi connectivity index (χ1) is 16.5. The van der Waals surface area contributed by atoms with Crippen molar-refractivity contribution in [1.82, 2.24) is 15.2 Å². The highest BCUT2D eigenvalue weighted by Gasteiger charge is 2.39. The first kappa shape index (κ1) is 24.8. The van der Waals surface area contributed by atoms with Gasteiger partial charge in [0.15, 0.2) is 0 Å². The number of hydrogen-bond donors (Lipinski definition) is 2. The molecule has 0 aliphatic carbocycles. The first-order valence-electron chi connectivity index (χ1n) is 12.4.